The van der Waals surface area contributed by atoms with Gasteiger partial charge in [-0.1, -0.05) is 6.92 Å². The number of carbonyl (C=O) groups excluding carboxylic acids is 1. The average Bonchev–Trinajstić information content (AvgIpc) is 3.06. The second kappa shape index (κ2) is 5.98. The van der Waals surface area contributed by atoms with E-state index in [1.807, 2.05) is 25.7 Å². The number of hydrogen-bond donors (Lipinski definition) is 0. The zero-order valence-electron chi connectivity index (χ0n) is 14.3. The molecule has 3 unspecified atom stereocenters. The van der Waals surface area contributed by atoms with Crippen molar-refractivity contribution in [1.29, 1.82) is 0 Å². The van der Waals surface area contributed by atoms with Gasteiger partial charge in [-0.05, 0) is 51.5 Å². The Bertz CT molecular complexity index is 567. The van der Waals surface area contributed by atoms with Gasteiger partial charge in [0.15, 0.2) is 0 Å². The van der Waals surface area contributed by atoms with Crippen LogP contribution < -0.4 is 4.74 Å². The van der Waals surface area contributed by atoms with Gasteiger partial charge in [0.1, 0.15) is 11.7 Å². The monoisotopic (exact) mass is 319 g/mol. The Morgan fingerprint density at radius 1 is 1.30 bits per heavy atom. The number of rotatable bonds is 3. The van der Waals surface area contributed by atoms with E-state index in [1.54, 1.807) is 12.4 Å². The van der Waals surface area contributed by atoms with E-state index < -0.39 is 5.60 Å². The van der Waals surface area contributed by atoms with Crippen LogP contribution in [0.4, 0.5) is 4.79 Å². The predicted octanol–water partition coefficient (Wildman–Crippen LogP) is 2.82. The first-order chi connectivity index (χ1) is 10.9. The molecule has 2 bridgehead atoms. The summed E-state index contributed by atoms with van der Waals surface area (Å²) < 4.78 is 11.5. The van der Waals surface area contributed by atoms with E-state index in [9.17, 15) is 4.79 Å². The molecule has 2 aliphatic rings. The van der Waals surface area contributed by atoms with Crippen LogP contribution in [0.25, 0.3) is 0 Å². The number of aromatic nitrogens is 2. The van der Waals surface area contributed by atoms with Crippen molar-refractivity contribution in [2.24, 2.45) is 5.92 Å². The number of fused-ring (bicyclic) bond motifs is 2. The highest BCUT2D eigenvalue weighted by Crippen LogP contribution is 2.40. The van der Waals surface area contributed by atoms with Crippen LogP contribution >= 0.6 is 0 Å². The standard InChI is InChI=1S/C17H25N3O3/c1-5-11-8-18-15(19-9-11)22-14-7-12-6-13(14)20(10-12)16(21)23-17(2,3)4/h8-9,12-14H,5-7,10H2,1-4H3. The molecule has 1 aromatic heterocycles. The van der Waals surface area contributed by atoms with Crippen LogP contribution in [0.1, 0.15) is 46.1 Å². The van der Waals surface area contributed by atoms with Gasteiger partial charge in [-0.2, -0.15) is 0 Å². The van der Waals surface area contributed by atoms with E-state index in [-0.39, 0.29) is 18.2 Å². The van der Waals surface area contributed by atoms with Gasteiger partial charge in [-0.15, -0.1) is 0 Å². The van der Waals surface area contributed by atoms with Crippen molar-refractivity contribution < 1.29 is 14.3 Å². The maximum absolute atomic E-state index is 12.3. The summed E-state index contributed by atoms with van der Waals surface area (Å²) in [5.74, 6) is 0.479. The van der Waals surface area contributed by atoms with Crippen LogP contribution in [0, 0.1) is 5.92 Å². The van der Waals surface area contributed by atoms with Gasteiger partial charge in [0.2, 0.25) is 0 Å². The maximum Gasteiger partial charge on any atom is 0.410 e. The van der Waals surface area contributed by atoms with Gasteiger partial charge in [0.05, 0.1) is 6.04 Å². The molecule has 6 heteroatoms. The van der Waals surface area contributed by atoms with Crippen molar-refractivity contribution in [3.63, 3.8) is 0 Å². The molecule has 3 rings (SSSR count). The zero-order valence-corrected chi connectivity index (χ0v) is 14.3. The minimum Gasteiger partial charge on any atom is -0.458 e. The Kier molecular flexibility index (Phi) is 4.17. The number of likely N-dealkylation sites (tertiary alicyclic amines) is 1. The van der Waals surface area contributed by atoms with Crippen molar-refractivity contribution in [1.82, 2.24) is 14.9 Å². The van der Waals surface area contributed by atoms with Crippen LogP contribution in [-0.2, 0) is 11.2 Å². The summed E-state index contributed by atoms with van der Waals surface area (Å²) in [6, 6.07) is 0.452. The third-order valence-corrected chi connectivity index (χ3v) is 4.40. The second-order valence-corrected chi connectivity index (χ2v) is 7.42. The summed E-state index contributed by atoms with van der Waals surface area (Å²) in [6.45, 7) is 8.48. The average molecular weight is 319 g/mol. The van der Waals surface area contributed by atoms with Crippen LogP contribution in [-0.4, -0.2) is 45.3 Å². The molecule has 1 saturated carbocycles. The summed E-state index contributed by atoms with van der Waals surface area (Å²) in [5.41, 5.74) is 0.606. The fraction of sp³-hybridized carbons (Fsp3) is 0.706. The van der Waals surface area contributed by atoms with Gasteiger partial charge in [-0.3, -0.25) is 0 Å². The third-order valence-electron chi connectivity index (χ3n) is 4.40. The third kappa shape index (κ3) is 3.57. The Morgan fingerprint density at radius 2 is 2.00 bits per heavy atom. The molecule has 126 valence electrons. The molecule has 2 heterocycles. The van der Waals surface area contributed by atoms with Crippen LogP contribution in [0.2, 0.25) is 0 Å². The summed E-state index contributed by atoms with van der Waals surface area (Å²) in [7, 11) is 0. The number of ether oxygens (including phenoxy) is 2. The number of aryl methyl sites for hydroxylation is 1. The molecule has 1 aliphatic heterocycles. The molecule has 0 N–H and O–H groups in total. The Hall–Kier alpha value is -1.85. The highest BCUT2D eigenvalue weighted by molar-refractivity contribution is 5.69. The lowest BCUT2D eigenvalue weighted by atomic mass is 10.1. The SMILES string of the molecule is CCc1cnc(OC2CC3CC2N(C(=O)OC(C)(C)C)C3)nc1. The van der Waals surface area contributed by atoms with Crippen LogP contribution in [0.3, 0.4) is 0 Å². The first-order valence-electron chi connectivity index (χ1n) is 8.33. The summed E-state index contributed by atoms with van der Waals surface area (Å²) in [6.07, 6.45) is 6.11. The van der Waals surface area contributed by atoms with Crippen molar-refractivity contribution in [3.8, 4) is 6.01 Å². The number of carbonyl (C=O) groups is 1. The molecule has 0 spiro atoms. The Labute approximate surface area is 137 Å². The number of amides is 1. The van der Waals surface area contributed by atoms with E-state index in [0.29, 0.717) is 11.9 Å². The molecule has 1 aromatic rings. The molecule has 1 saturated heterocycles. The van der Waals surface area contributed by atoms with Crippen LogP contribution in [0.5, 0.6) is 6.01 Å². The molecule has 6 nitrogen and oxygen atoms in total. The van der Waals surface area contributed by atoms with Gasteiger partial charge >= 0.3 is 12.1 Å². The van der Waals surface area contributed by atoms with Gasteiger partial charge < -0.3 is 14.4 Å². The van der Waals surface area contributed by atoms with Crippen LogP contribution in [0.15, 0.2) is 12.4 Å². The summed E-state index contributed by atoms with van der Waals surface area (Å²) in [4.78, 5) is 22.7. The van der Waals surface area contributed by atoms with E-state index in [0.717, 1.165) is 31.4 Å². The predicted molar refractivity (Wildman–Crippen MR) is 85.3 cm³/mol. The Balaban J connectivity index is 1.64. The number of piperidine rings is 1. The fourth-order valence-corrected chi connectivity index (χ4v) is 3.34. The minimum absolute atomic E-state index is 0.0475. The molecular formula is C17H25N3O3. The highest BCUT2D eigenvalue weighted by atomic mass is 16.6. The normalized spacial score (nSPS) is 26.4. The van der Waals surface area contributed by atoms with E-state index >= 15 is 0 Å². The topological polar surface area (TPSA) is 64.5 Å². The van der Waals surface area contributed by atoms with Crippen molar-refractivity contribution in [3.05, 3.63) is 18.0 Å². The summed E-state index contributed by atoms with van der Waals surface area (Å²) >= 11 is 0. The quantitative estimate of drug-likeness (QED) is 0.857. The van der Waals surface area contributed by atoms with E-state index in [1.165, 1.54) is 0 Å². The second-order valence-electron chi connectivity index (χ2n) is 7.42. The van der Waals surface area contributed by atoms with E-state index in [4.69, 9.17) is 9.47 Å². The maximum atomic E-state index is 12.3. The first-order valence-corrected chi connectivity index (χ1v) is 8.33. The van der Waals surface area contributed by atoms with Gasteiger partial charge in [0, 0.05) is 18.9 Å². The smallest absolute Gasteiger partial charge is 0.410 e. The lowest BCUT2D eigenvalue weighted by Gasteiger charge is -2.34. The fourth-order valence-electron chi connectivity index (χ4n) is 3.34. The van der Waals surface area contributed by atoms with Crippen molar-refractivity contribution in [2.75, 3.05) is 6.54 Å². The molecule has 1 amide bonds. The molecular weight excluding hydrogens is 294 g/mol. The van der Waals surface area contributed by atoms with Gasteiger partial charge in [0.25, 0.3) is 0 Å². The first kappa shape index (κ1) is 16.0. The lowest BCUT2D eigenvalue weighted by Crippen LogP contribution is -2.48. The molecule has 23 heavy (non-hydrogen) atoms. The largest absolute Gasteiger partial charge is 0.458 e. The number of hydrogen-bond acceptors (Lipinski definition) is 5. The van der Waals surface area contributed by atoms with Crippen molar-refractivity contribution >= 4 is 6.09 Å². The molecule has 0 radical (unpaired) electrons. The minimum atomic E-state index is -0.478. The number of nitrogens with zero attached hydrogens (tertiary/aromatic N) is 3. The molecule has 3 atom stereocenters. The summed E-state index contributed by atoms with van der Waals surface area (Å²) in [5, 5.41) is 0. The lowest BCUT2D eigenvalue weighted by molar-refractivity contribution is 0.00141. The molecule has 0 aromatic carbocycles. The highest BCUT2D eigenvalue weighted by Gasteiger charge is 2.49. The van der Waals surface area contributed by atoms with E-state index in [2.05, 4.69) is 16.9 Å². The zero-order chi connectivity index (χ0) is 16.6. The van der Waals surface area contributed by atoms with Gasteiger partial charge in [-0.25, -0.2) is 14.8 Å². The molecule has 1 aliphatic carbocycles. The van der Waals surface area contributed by atoms with Crippen molar-refractivity contribution in [2.45, 2.75) is 64.7 Å². The Morgan fingerprint density at radius 3 is 2.57 bits per heavy atom. The molecule has 2 fully saturated rings.